The first-order valence-electron chi connectivity index (χ1n) is 9.92. The maximum absolute atomic E-state index is 4.47. The average molecular weight is 470 g/mol. The largest absolute Gasteiger partial charge is 0.356 e. The van der Waals surface area contributed by atoms with E-state index in [0.29, 0.717) is 11.5 Å². The standard InChI is InChI=1S/C21H34N4.HI/c1-4-13-25-14-9-18(10-15-25)24-20(22-3)23-16-21(11-12-21)19-8-6-5-7-17(19)2;/h5-8,18H,4,9-16H2,1-3H3,(H2,22,23,24);1H. The van der Waals surface area contributed by atoms with Gasteiger partial charge in [0.05, 0.1) is 0 Å². The van der Waals surface area contributed by atoms with Crippen molar-refractivity contribution in [2.75, 3.05) is 33.2 Å². The van der Waals surface area contributed by atoms with Crippen molar-refractivity contribution in [1.29, 1.82) is 0 Å². The zero-order valence-electron chi connectivity index (χ0n) is 16.6. The van der Waals surface area contributed by atoms with Gasteiger partial charge in [-0.15, -0.1) is 24.0 Å². The maximum atomic E-state index is 4.47. The maximum Gasteiger partial charge on any atom is 0.191 e. The van der Waals surface area contributed by atoms with Crippen LogP contribution in [-0.2, 0) is 5.41 Å². The Kier molecular flexibility index (Phi) is 8.20. The van der Waals surface area contributed by atoms with Crippen LogP contribution in [-0.4, -0.2) is 50.1 Å². The molecule has 3 rings (SSSR count). The molecule has 0 amide bonds. The van der Waals surface area contributed by atoms with Crippen molar-refractivity contribution in [2.45, 2.75) is 57.4 Å². The third kappa shape index (κ3) is 5.35. The second-order valence-electron chi connectivity index (χ2n) is 7.78. The number of likely N-dealkylation sites (tertiary alicyclic amines) is 1. The van der Waals surface area contributed by atoms with Gasteiger partial charge in [-0.1, -0.05) is 31.2 Å². The number of halogens is 1. The number of aliphatic imine (C=N–C) groups is 1. The van der Waals surface area contributed by atoms with Gasteiger partial charge in [0.25, 0.3) is 0 Å². The first-order valence-corrected chi connectivity index (χ1v) is 9.92. The number of hydrogen-bond donors (Lipinski definition) is 2. The summed E-state index contributed by atoms with van der Waals surface area (Å²) in [6.45, 7) is 9.11. The highest BCUT2D eigenvalue weighted by molar-refractivity contribution is 14.0. The summed E-state index contributed by atoms with van der Waals surface area (Å²) in [4.78, 5) is 7.04. The first-order chi connectivity index (χ1) is 12.2. The molecule has 0 spiro atoms. The molecular weight excluding hydrogens is 435 g/mol. The number of nitrogens with one attached hydrogen (secondary N) is 2. The molecule has 5 heteroatoms. The van der Waals surface area contributed by atoms with E-state index in [9.17, 15) is 0 Å². The number of aryl methyl sites for hydroxylation is 1. The number of guanidine groups is 1. The van der Waals surface area contributed by atoms with Crippen LogP contribution in [0.4, 0.5) is 0 Å². The molecule has 1 aromatic carbocycles. The molecular formula is C21H35IN4. The van der Waals surface area contributed by atoms with E-state index in [1.165, 1.54) is 62.9 Å². The van der Waals surface area contributed by atoms with E-state index in [4.69, 9.17) is 0 Å². The summed E-state index contributed by atoms with van der Waals surface area (Å²) < 4.78 is 0. The predicted octanol–water partition coefficient (Wildman–Crippen LogP) is 3.68. The Hall–Kier alpha value is -0.820. The van der Waals surface area contributed by atoms with Gasteiger partial charge in [0.2, 0.25) is 0 Å². The summed E-state index contributed by atoms with van der Waals surface area (Å²) in [5.41, 5.74) is 3.23. The van der Waals surface area contributed by atoms with E-state index in [1.807, 2.05) is 7.05 Å². The lowest BCUT2D eigenvalue weighted by Gasteiger charge is -2.33. The summed E-state index contributed by atoms with van der Waals surface area (Å²) in [7, 11) is 1.88. The zero-order valence-corrected chi connectivity index (χ0v) is 18.9. The molecule has 0 atom stereocenters. The fourth-order valence-corrected chi connectivity index (χ4v) is 4.12. The molecule has 1 aliphatic heterocycles. The second kappa shape index (κ2) is 9.93. The quantitative estimate of drug-likeness (QED) is 0.379. The van der Waals surface area contributed by atoms with E-state index >= 15 is 0 Å². The van der Waals surface area contributed by atoms with Gasteiger partial charge in [0.1, 0.15) is 0 Å². The molecule has 0 radical (unpaired) electrons. The minimum atomic E-state index is 0. The van der Waals surface area contributed by atoms with Gasteiger partial charge in [-0.25, -0.2) is 0 Å². The summed E-state index contributed by atoms with van der Waals surface area (Å²) >= 11 is 0. The van der Waals surface area contributed by atoms with Gasteiger partial charge in [0.15, 0.2) is 5.96 Å². The molecule has 1 saturated carbocycles. The van der Waals surface area contributed by atoms with Crippen LogP contribution in [0, 0.1) is 6.92 Å². The van der Waals surface area contributed by atoms with E-state index in [0.717, 1.165) is 12.5 Å². The van der Waals surface area contributed by atoms with Crippen molar-refractivity contribution in [1.82, 2.24) is 15.5 Å². The number of piperidine rings is 1. The Balaban J connectivity index is 0.00000243. The minimum Gasteiger partial charge on any atom is -0.356 e. The Bertz CT molecular complexity index is 589. The molecule has 2 fully saturated rings. The SMILES string of the molecule is CCCN1CCC(NC(=NC)NCC2(c3ccccc3C)CC2)CC1.I. The van der Waals surface area contributed by atoms with Crippen molar-refractivity contribution in [3.8, 4) is 0 Å². The van der Waals surface area contributed by atoms with Crippen LogP contribution in [0.1, 0.15) is 50.2 Å². The smallest absolute Gasteiger partial charge is 0.191 e. The van der Waals surface area contributed by atoms with E-state index < -0.39 is 0 Å². The fourth-order valence-electron chi connectivity index (χ4n) is 4.12. The number of hydrogen-bond acceptors (Lipinski definition) is 2. The van der Waals surface area contributed by atoms with Crippen LogP contribution >= 0.6 is 24.0 Å². The van der Waals surface area contributed by atoms with Crippen molar-refractivity contribution in [2.24, 2.45) is 4.99 Å². The molecule has 0 bridgehead atoms. The molecule has 26 heavy (non-hydrogen) atoms. The average Bonchev–Trinajstić information content (AvgIpc) is 3.41. The lowest BCUT2D eigenvalue weighted by atomic mass is 9.92. The van der Waals surface area contributed by atoms with Gasteiger partial charge in [0, 0.05) is 38.1 Å². The zero-order chi connectivity index (χ0) is 17.7. The molecule has 1 saturated heterocycles. The topological polar surface area (TPSA) is 39.7 Å². The fraction of sp³-hybridized carbons (Fsp3) is 0.667. The van der Waals surface area contributed by atoms with Crippen LogP contribution in [0.5, 0.6) is 0 Å². The highest BCUT2D eigenvalue weighted by Crippen LogP contribution is 2.48. The Morgan fingerprint density at radius 2 is 1.92 bits per heavy atom. The second-order valence-corrected chi connectivity index (χ2v) is 7.78. The van der Waals surface area contributed by atoms with Crippen LogP contribution < -0.4 is 10.6 Å². The van der Waals surface area contributed by atoms with Crippen molar-refractivity contribution in [3.05, 3.63) is 35.4 Å². The number of nitrogens with zero attached hydrogens (tertiary/aromatic N) is 2. The third-order valence-electron chi connectivity index (χ3n) is 5.86. The molecule has 1 aromatic rings. The van der Waals surface area contributed by atoms with Gasteiger partial charge >= 0.3 is 0 Å². The molecule has 0 aromatic heterocycles. The Morgan fingerprint density at radius 3 is 2.50 bits per heavy atom. The molecule has 2 aliphatic rings. The predicted molar refractivity (Wildman–Crippen MR) is 122 cm³/mol. The molecule has 146 valence electrons. The van der Waals surface area contributed by atoms with Crippen molar-refractivity contribution >= 4 is 29.9 Å². The summed E-state index contributed by atoms with van der Waals surface area (Å²) in [5.74, 6) is 0.966. The number of benzene rings is 1. The molecule has 2 N–H and O–H groups in total. The highest BCUT2D eigenvalue weighted by atomic mass is 127. The number of rotatable bonds is 6. The van der Waals surface area contributed by atoms with Crippen LogP contribution in [0.25, 0.3) is 0 Å². The van der Waals surface area contributed by atoms with Gasteiger partial charge in [-0.2, -0.15) is 0 Å². The van der Waals surface area contributed by atoms with E-state index in [1.54, 1.807) is 0 Å². The van der Waals surface area contributed by atoms with Crippen LogP contribution in [0.3, 0.4) is 0 Å². The Labute approximate surface area is 176 Å². The van der Waals surface area contributed by atoms with Crippen LogP contribution in [0.2, 0.25) is 0 Å². The normalized spacial score (nSPS) is 20.3. The minimum absolute atomic E-state index is 0. The van der Waals surface area contributed by atoms with E-state index in [2.05, 4.69) is 58.6 Å². The van der Waals surface area contributed by atoms with Gasteiger partial charge in [-0.3, -0.25) is 4.99 Å². The van der Waals surface area contributed by atoms with Gasteiger partial charge < -0.3 is 15.5 Å². The third-order valence-corrected chi connectivity index (χ3v) is 5.86. The Morgan fingerprint density at radius 1 is 1.23 bits per heavy atom. The molecule has 1 aliphatic carbocycles. The summed E-state index contributed by atoms with van der Waals surface area (Å²) in [6, 6.07) is 9.37. The lowest BCUT2D eigenvalue weighted by molar-refractivity contribution is 0.206. The first kappa shape index (κ1) is 21.5. The molecule has 1 heterocycles. The van der Waals surface area contributed by atoms with Gasteiger partial charge in [-0.05, 0) is 56.7 Å². The highest BCUT2D eigenvalue weighted by Gasteiger charge is 2.44. The molecule has 0 unspecified atom stereocenters. The van der Waals surface area contributed by atoms with E-state index in [-0.39, 0.29) is 24.0 Å². The molecule has 4 nitrogen and oxygen atoms in total. The lowest BCUT2D eigenvalue weighted by Crippen LogP contribution is -2.49. The van der Waals surface area contributed by atoms with Crippen LogP contribution in [0.15, 0.2) is 29.3 Å². The summed E-state index contributed by atoms with van der Waals surface area (Å²) in [6.07, 6.45) is 6.23. The van der Waals surface area contributed by atoms with Crippen molar-refractivity contribution in [3.63, 3.8) is 0 Å². The monoisotopic (exact) mass is 470 g/mol. The van der Waals surface area contributed by atoms with Crippen molar-refractivity contribution < 1.29 is 0 Å². The summed E-state index contributed by atoms with van der Waals surface area (Å²) in [5, 5.41) is 7.25.